The Morgan fingerprint density at radius 3 is 2.60 bits per heavy atom. The van der Waals surface area contributed by atoms with Gasteiger partial charge in [0.05, 0.1) is 0 Å². The zero-order valence-electron chi connectivity index (χ0n) is 11.3. The van der Waals surface area contributed by atoms with Crippen molar-refractivity contribution < 1.29 is 9.63 Å². The molecule has 6 heteroatoms. The predicted molar refractivity (Wildman–Crippen MR) is 77.5 cm³/mol. The van der Waals surface area contributed by atoms with Gasteiger partial charge in [0.15, 0.2) is 0 Å². The molecule has 0 radical (unpaired) electrons. The van der Waals surface area contributed by atoms with Crippen molar-refractivity contribution in [3.63, 3.8) is 0 Å². The van der Waals surface area contributed by atoms with Crippen molar-refractivity contribution in [2.45, 2.75) is 23.3 Å². The average Bonchev–Trinajstić information content (AvgIpc) is 2.99. The largest absolute Gasteiger partial charge is 0.380 e. The lowest BCUT2D eigenvalue weighted by molar-refractivity contribution is -0.0228. The maximum Gasteiger partial charge on any atom is 0.259 e. The Bertz CT molecular complexity index is 576. The highest BCUT2D eigenvalue weighted by molar-refractivity contribution is 7.98. The van der Waals surface area contributed by atoms with E-state index in [1.807, 2.05) is 30.5 Å². The summed E-state index contributed by atoms with van der Waals surface area (Å²) >= 11 is 1.69. The number of aromatic nitrogens is 2. The van der Waals surface area contributed by atoms with Gasteiger partial charge in [0, 0.05) is 10.5 Å². The highest BCUT2D eigenvalue weighted by Gasteiger charge is 2.37. The summed E-state index contributed by atoms with van der Waals surface area (Å²) in [5, 5.41) is 17.7. The summed E-state index contributed by atoms with van der Waals surface area (Å²) < 4.78 is 5.27. The molecule has 1 saturated heterocycles. The van der Waals surface area contributed by atoms with Crippen LogP contribution in [0, 0.1) is 0 Å². The van der Waals surface area contributed by atoms with Crippen LogP contribution in [-0.4, -0.2) is 34.6 Å². The van der Waals surface area contributed by atoms with Gasteiger partial charge in [0.2, 0.25) is 5.82 Å². The van der Waals surface area contributed by atoms with Crippen LogP contribution >= 0.6 is 11.8 Å². The van der Waals surface area contributed by atoms with Crippen LogP contribution in [0.4, 0.5) is 0 Å². The van der Waals surface area contributed by atoms with E-state index in [0.717, 1.165) is 18.7 Å². The maximum atomic E-state index is 10.5. The van der Waals surface area contributed by atoms with Gasteiger partial charge in [-0.25, -0.2) is 0 Å². The van der Waals surface area contributed by atoms with E-state index >= 15 is 0 Å². The van der Waals surface area contributed by atoms with Crippen molar-refractivity contribution in [2.24, 2.45) is 0 Å². The summed E-state index contributed by atoms with van der Waals surface area (Å²) in [6.45, 7) is 1.52. The van der Waals surface area contributed by atoms with Gasteiger partial charge in [0.25, 0.3) is 5.89 Å². The molecule has 2 heterocycles. The van der Waals surface area contributed by atoms with E-state index in [1.54, 1.807) is 11.8 Å². The Balaban J connectivity index is 1.85. The minimum absolute atomic E-state index is 0.322. The molecule has 1 aliphatic heterocycles. The zero-order valence-corrected chi connectivity index (χ0v) is 12.1. The first kappa shape index (κ1) is 13.6. The Kier molecular flexibility index (Phi) is 3.78. The van der Waals surface area contributed by atoms with Crippen molar-refractivity contribution in [2.75, 3.05) is 19.3 Å². The number of thioether (sulfide) groups is 1. The molecule has 106 valence electrons. The lowest BCUT2D eigenvalue weighted by Gasteiger charge is -2.28. The van der Waals surface area contributed by atoms with E-state index in [4.69, 9.17) is 4.52 Å². The number of nitrogens with one attached hydrogen (secondary N) is 1. The molecule has 0 aliphatic carbocycles. The minimum atomic E-state index is -0.990. The quantitative estimate of drug-likeness (QED) is 0.843. The van der Waals surface area contributed by atoms with Crippen LogP contribution in [0.3, 0.4) is 0 Å². The SMILES string of the molecule is CSc1ccc(-c2noc(C3(O)CCNCC3)n2)cc1. The van der Waals surface area contributed by atoms with E-state index in [9.17, 15) is 5.11 Å². The molecule has 1 fully saturated rings. The van der Waals surface area contributed by atoms with Crippen molar-refractivity contribution in [3.05, 3.63) is 30.2 Å². The van der Waals surface area contributed by atoms with Crippen molar-refractivity contribution in [1.29, 1.82) is 0 Å². The maximum absolute atomic E-state index is 10.5. The summed E-state index contributed by atoms with van der Waals surface area (Å²) in [5.74, 6) is 0.850. The van der Waals surface area contributed by atoms with Crippen LogP contribution in [0.5, 0.6) is 0 Å². The smallest absolute Gasteiger partial charge is 0.259 e. The Morgan fingerprint density at radius 1 is 1.25 bits per heavy atom. The molecule has 2 N–H and O–H groups in total. The highest BCUT2D eigenvalue weighted by Crippen LogP contribution is 2.30. The fourth-order valence-corrected chi connectivity index (χ4v) is 2.73. The molecule has 20 heavy (non-hydrogen) atoms. The van der Waals surface area contributed by atoms with Gasteiger partial charge in [0.1, 0.15) is 5.60 Å². The number of piperidine rings is 1. The minimum Gasteiger partial charge on any atom is -0.380 e. The normalized spacial score (nSPS) is 18.1. The average molecular weight is 291 g/mol. The summed E-state index contributed by atoms with van der Waals surface area (Å²) in [4.78, 5) is 5.56. The van der Waals surface area contributed by atoms with Crippen LogP contribution in [0.2, 0.25) is 0 Å². The fourth-order valence-electron chi connectivity index (χ4n) is 2.32. The predicted octanol–water partition coefficient (Wildman–Crippen LogP) is 2.03. The Morgan fingerprint density at radius 2 is 1.95 bits per heavy atom. The number of benzene rings is 1. The lowest BCUT2D eigenvalue weighted by Crippen LogP contribution is -2.39. The Hall–Kier alpha value is -1.37. The highest BCUT2D eigenvalue weighted by atomic mass is 32.2. The number of aliphatic hydroxyl groups is 1. The molecule has 0 bridgehead atoms. The molecule has 2 aromatic rings. The van der Waals surface area contributed by atoms with E-state index in [2.05, 4.69) is 15.5 Å². The number of hydrogen-bond donors (Lipinski definition) is 2. The van der Waals surface area contributed by atoms with Crippen molar-refractivity contribution >= 4 is 11.8 Å². The molecular weight excluding hydrogens is 274 g/mol. The molecule has 0 unspecified atom stereocenters. The molecule has 1 aromatic carbocycles. The summed E-state index contributed by atoms with van der Waals surface area (Å²) in [6, 6.07) is 7.98. The van der Waals surface area contributed by atoms with Gasteiger partial charge in [-0.15, -0.1) is 11.8 Å². The summed E-state index contributed by atoms with van der Waals surface area (Å²) in [6.07, 6.45) is 3.23. The fraction of sp³-hybridized carbons (Fsp3) is 0.429. The van der Waals surface area contributed by atoms with E-state index < -0.39 is 5.60 Å². The molecule has 1 aliphatic rings. The van der Waals surface area contributed by atoms with Gasteiger partial charge >= 0.3 is 0 Å². The second kappa shape index (κ2) is 5.55. The summed E-state index contributed by atoms with van der Waals surface area (Å²) in [7, 11) is 0. The molecule has 0 amide bonds. The van der Waals surface area contributed by atoms with Gasteiger partial charge in [-0.2, -0.15) is 4.98 Å². The first-order chi connectivity index (χ1) is 9.71. The second-order valence-corrected chi connectivity index (χ2v) is 5.81. The Labute approximate surface area is 121 Å². The monoisotopic (exact) mass is 291 g/mol. The molecule has 1 aromatic heterocycles. The van der Waals surface area contributed by atoms with Crippen LogP contribution in [-0.2, 0) is 5.60 Å². The van der Waals surface area contributed by atoms with E-state index in [-0.39, 0.29) is 0 Å². The zero-order chi connectivity index (χ0) is 14.0. The van der Waals surface area contributed by atoms with E-state index in [1.165, 1.54) is 4.90 Å². The van der Waals surface area contributed by atoms with Crippen LogP contribution in [0.25, 0.3) is 11.4 Å². The molecular formula is C14H17N3O2S. The van der Waals surface area contributed by atoms with Crippen LogP contribution in [0.1, 0.15) is 18.7 Å². The molecule has 0 atom stereocenters. The van der Waals surface area contributed by atoms with Crippen LogP contribution in [0.15, 0.2) is 33.7 Å². The standard InChI is InChI=1S/C14H17N3O2S/c1-20-11-4-2-10(3-5-11)12-16-13(19-17-12)14(18)6-8-15-9-7-14/h2-5,15,18H,6-9H2,1H3. The first-order valence-electron chi connectivity index (χ1n) is 6.63. The number of nitrogens with zero attached hydrogens (tertiary/aromatic N) is 2. The third-order valence-corrected chi connectivity index (χ3v) is 4.35. The molecule has 3 rings (SSSR count). The van der Waals surface area contributed by atoms with Crippen LogP contribution < -0.4 is 5.32 Å². The van der Waals surface area contributed by atoms with Crippen molar-refractivity contribution in [1.82, 2.24) is 15.5 Å². The third kappa shape index (κ3) is 2.59. The lowest BCUT2D eigenvalue weighted by atomic mass is 9.92. The molecule has 0 saturated carbocycles. The third-order valence-electron chi connectivity index (χ3n) is 3.60. The van der Waals surface area contributed by atoms with E-state index in [0.29, 0.717) is 24.6 Å². The van der Waals surface area contributed by atoms with Gasteiger partial charge in [-0.05, 0) is 56.5 Å². The first-order valence-corrected chi connectivity index (χ1v) is 7.85. The molecule has 5 nitrogen and oxygen atoms in total. The number of rotatable bonds is 3. The molecule has 0 spiro atoms. The topological polar surface area (TPSA) is 71.2 Å². The van der Waals surface area contributed by atoms with Gasteiger partial charge < -0.3 is 14.9 Å². The van der Waals surface area contributed by atoms with Gasteiger partial charge in [-0.1, -0.05) is 5.16 Å². The second-order valence-electron chi connectivity index (χ2n) is 4.93. The van der Waals surface area contributed by atoms with Gasteiger partial charge in [-0.3, -0.25) is 0 Å². The van der Waals surface area contributed by atoms with Crippen molar-refractivity contribution in [3.8, 4) is 11.4 Å². The number of hydrogen-bond acceptors (Lipinski definition) is 6. The summed E-state index contributed by atoms with van der Waals surface area (Å²) in [5.41, 5.74) is -0.0919.